The molecule has 0 saturated carbocycles. The van der Waals surface area contributed by atoms with Crippen LogP contribution in [0, 0.1) is 0 Å². The molecule has 0 aliphatic carbocycles. The first-order valence-electron chi connectivity index (χ1n) is 7.98. The van der Waals surface area contributed by atoms with E-state index in [1.165, 1.54) is 11.1 Å². The maximum atomic E-state index is 5.31. The van der Waals surface area contributed by atoms with Gasteiger partial charge in [0.2, 0.25) is 11.8 Å². The van der Waals surface area contributed by atoms with Crippen molar-refractivity contribution >= 4 is 29.1 Å². The molecule has 0 bridgehead atoms. The summed E-state index contributed by atoms with van der Waals surface area (Å²) in [4.78, 5) is 11.1. The smallest absolute Gasteiger partial charge is 0.234 e. The molecule has 0 unspecified atom stereocenters. The van der Waals surface area contributed by atoms with Gasteiger partial charge < -0.3 is 25.0 Å². The lowest BCUT2D eigenvalue weighted by molar-refractivity contribution is 0.204. The Morgan fingerprint density at radius 1 is 1.20 bits per heavy atom. The van der Waals surface area contributed by atoms with Crippen LogP contribution in [0.3, 0.4) is 0 Å². The Kier molecular flexibility index (Phi) is 5.62. The second kappa shape index (κ2) is 8.09. The third-order valence-electron chi connectivity index (χ3n) is 3.88. The third-order valence-corrected chi connectivity index (χ3v) is 4.13. The minimum atomic E-state index is 0.403. The average molecular weight is 359 g/mol. The van der Waals surface area contributed by atoms with Crippen molar-refractivity contribution in [3.8, 4) is 5.88 Å². The van der Waals surface area contributed by atoms with Crippen LogP contribution in [0.5, 0.6) is 5.88 Å². The molecular formula is C17H21N5O2S. The number of ether oxygens (including phenoxy) is 2. The van der Waals surface area contributed by atoms with Crippen LogP contribution in [-0.4, -0.2) is 42.5 Å². The van der Waals surface area contributed by atoms with E-state index in [2.05, 4.69) is 49.8 Å². The van der Waals surface area contributed by atoms with E-state index in [4.69, 9.17) is 21.7 Å². The molecule has 0 amide bonds. The van der Waals surface area contributed by atoms with Gasteiger partial charge in [-0.3, -0.25) is 0 Å². The Morgan fingerprint density at radius 2 is 1.92 bits per heavy atom. The van der Waals surface area contributed by atoms with Crippen LogP contribution in [0.2, 0.25) is 0 Å². The zero-order valence-corrected chi connectivity index (χ0v) is 15.1. The van der Waals surface area contributed by atoms with Gasteiger partial charge in [-0.15, -0.1) is 0 Å². The molecule has 2 N–H and O–H groups in total. The Balaban J connectivity index is 1.74. The molecule has 0 spiro atoms. The largest absolute Gasteiger partial charge is 0.481 e. The number of fused-ring (bicyclic) bond motifs is 1. The molecule has 1 aromatic carbocycles. The SMILES string of the molecule is COCCNC(=S)Nc1nc(OC)cc(N2Cc3ccccc3C2)n1. The Morgan fingerprint density at radius 3 is 2.56 bits per heavy atom. The lowest BCUT2D eigenvalue weighted by atomic mass is 10.1. The Bertz CT molecular complexity index is 731. The van der Waals surface area contributed by atoms with Crippen molar-refractivity contribution in [1.82, 2.24) is 15.3 Å². The van der Waals surface area contributed by atoms with Gasteiger partial charge in [-0.05, 0) is 23.3 Å². The summed E-state index contributed by atoms with van der Waals surface area (Å²) in [5.41, 5.74) is 2.62. The number of methoxy groups -OCH3 is 2. The maximum Gasteiger partial charge on any atom is 0.234 e. The van der Waals surface area contributed by atoms with Crippen molar-refractivity contribution in [3.05, 3.63) is 41.5 Å². The second-order valence-electron chi connectivity index (χ2n) is 5.59. The first-order chi connectivity index (χ1) is 12.2. The number of hydrogen-bond donors (Lipinski definition) is 2. The highest BCUT2D eigenvalue weighted by Crippen LogP contribution is 2.29. The molecular weight excluding hydrogens is 338 g/mol. The molecule has 0 fully saturated rings. The number of hydrogen-bond acceptors (Lipinski definition) is 6. The minimum Gasteiger partial charge on any atom is -0.481 e. The highest BCUT2D eigenvalue weighted by atomic mass is 32.1. The lowest BCUT2D eigenvalue weighted by Gasteiger charge is -2.18. The molecule has 1 aliphatic heterocycles. The quantitative estimate of drug-likeness (QED) is 0.599. The van der Waals surface area contributed by atoms with Crippen molar-refractivity contribution in [2.45, 2.75) is 13.1 Å². The number of rotatable bonds is 6. The van der Waals surface area contributed by atoms with Crippen LogP contribution in [0.4, 0.5) is 11.8 Å². The third kappa shape index (κ3) is 4.34. The summed E-state index contributed by atoms with van der Waals surface area (Å²) in [5.74, 6) is 1.69. The summed E-state index contributed by atoms with van der Waals surface area (Å²) in [6, 6.07) is 10.2. The zero-order valence-electron chi connectivity index (χ0n) is 14.3. The first kappa shape index (κ1) is 17.4. The number of thiocarbonyl (C=S) groups is 1. The Labute approximate surface area is 152 Å². The molecule has 8 heteroatoms. The summed E-state index contributed by atoms with van der Waals surface area (Å²) in [6.07, 6.45) is 0. The van der Waals surface area contributed by atoms with Crippen LogP contribution >= 0.6 is 12.2 Å². The van der Waals surface area contributed by atoms with Gasteiger partial charge in [-0.25, -0.2) is 0 Å². The Hall–Kier alpha value is -2.45. The fourth-order valence-corrected chi connectivity index (χ4v) is 2.84. The number of anilines is 2. The number of aromatic nitrogens is 2. The van der Waals surface area contributed by atoms with Crippen molar-refractivity contribution in [3.63, 3.8) is 0 Å². The zero-order chi connectivity index (χ0) is 17.6. The number of nitrogens with one attached hydrogen (secondary N) is 2. The summed E-state index contributed by atoms with van der Waals surface area (Å²) >= 11 is 5.25. The van der Waals surface area contributed by atoms with Gasteiger partial charge in [0, 0.05) is 32.8 Å². The lowest BCUT2D eigenvalue weighted by Crippen LogP contribution is -2.32. The molecule has 0 atom stereocenters. The van der Waals surface area contributed by atoms with E-state index >= 15 is 0 Å². The van der Waals surface area contributed by atoms with E-state index < -0.39 is 0 Å². The van der Waals surface area contributed by atoms with E-state index in [9.17, 15) is 0 Å². The van der Waals surface area contributed by atoms with Crippen LogP contribution in [0.15, 0.2) is 30.3 Å². The summed E-state index contributed by atoms with van der Waals surface area (Å²) in [6.45, 7) is 2.80. The van der Waals surface area contributed by atoms with Crippen LogP contribution in [0.1, 0.15) is 11.1 Å². The summed E-state index contributed by atoms with van der Waals surface area (Å²) in [5, 5.41) is 6.48. The molecule has 1 aliphatic rings. The molecule has 132 valence electrons. The molecule has 2 aromatic rings. The number of benzene rings is 1. The standard InChI is InChI=1S/C17H21N5O2S/c1-23-8-7-18-17(25)21-16-19-14(9-15(20-16)24-2)22-10-12-5-3-4-6-13(12)11-22/h3-6,9H,7-8,10-11H2,1-2H3,(H2,18,19,20,21,25). The monoisotopic (exact) mass is 359 g/mol. The van der Waals surface area contributed by atoms with E-state index in [0.717, 1.165) is 18.9 Å². The van der Waals surface area contributed by atoms with Crippen molar-refractivity contribution in [2.24, 2.45) is 0 Å². The van der Waals surface area contributed by atoms with Gasteiger partial charge >= 0.3 is 0 Å². The first-order valence-corrected chi connectivity index (χ1v) is 8.39. The van der Waals surface area contributed by atoms with Crippen LogP contribution in [-0.2, 0) is 17.8 Å². The van der Waals surface area contributed by atoms with Crippen LogP contribution < -0.4 is 20.3 Å². The molecule has 0 saturated heterocycles. The summed E-state index contributed by atoms with van der Waals surface area (Å²) in [7, 11) is 3.23. The predicted molar refractivity (Wildman–Crippen MR) is 101 cm³/mol. The fourth-order valence-electron chi connectivity index (χ4n) is 2.64. The van der Waals surface area contributed by atoms with Crippen molar-refractivity contribution in [1.29, 1.82) is 0 Å². The molecule has 7 nitrogen and oxygen atoms in total. The maximum absolute atomic E-state index is 5.31. The molecule has 3 rings (SSSR count). The highest BCUT2D eigenvalue weighted by Gasteiger charge is 2.21. The molecule has 25 heavy (non-hydrogen) atoms. The van der Waals surface area contributed by atoms with Gasteiger partial charge in [-0.1, -0.05) is 24.3 Å². The van der Waals surface area contributed by atoms with Crippen molar-refractivity contribution in [2.75, 3.05) is 37.6 Å². The molecule has 0 radical (unpaired) electrons. The van der Waals surface area contributed by atoms with Gasteiger partial charge in [0.1, 0.15) is 5.82 Å². The van der Waals surface area contributed by atoms with E-state index in [1.807, 2.05) is 6.07 Å². The van der Waals surface area contributed by atoms with Crippen LogP contribution in [0.25, 0.3) is 0 Å². The second-order valence-corrected chi connectivity index (χ2v) is 6.00. The van der Waals surface area contributed by atoms with E-state index in [0.29, 0.717) is 30.1 Å². The molecule has 2 heterocycles. The van der Waals surface area contributed by atoms with E-state index in [-0.39, 0.29) is 0 Å². The van der Waals surface area contributed by atoms with Crippen molar-refractivity contribution < 1.29 is 9.47 Å². The fraction of sp³-hybridized carbons (Fsp3) is 0.353. The molecule has 1 aromatic heterocycles. The predicted octanol–water partition coefficient (Wildman–Crippen LogP) is 1.94. The minimum absolute atomic E-state index is 0.403. The van der Waals surface area contributed by atoms with Gasteiger partial charge in [-0.2, -0.15) is 9.97 Å². The highest BCUT2D eigenvalue weighted by molar-refractivity contribution is 7.80. The van der Waals surface area contributed by atoms with Gasteiger partial charge in [0.25, 0.3) is 0 Å². The average Bonchev–Trinajstić information content (AvgIpc) is 3.06. The number of nitrogens with zero attached hydrogens (tertiary/aromatic N) is 3. The van der Waals surface area contributed by atoms with Gasteiger partial charge in [0.15, 0.2) is 5.11 Å². The van der Waals surface area contributed by atoms with E-state index in [1.54, 1.807) is 14.2 Å². The van der Waals surface area contributed by atoms with Gasteiger partial charge in [0.05, 0.1) is 13.7 Å². The normalized spacial score (nSPS) is 12.6. The summed E-state index contributed by atoms with van der Waals surface area (Å²) < 4.78 is 10.3. The topological polar surface area (TPSA) is 71.5 Å².